The molecule has 1 aromatic heterocycles. The van der Waals surface area contributed by atoms with Crippen LogP contribution in [0.2, 0.25) is 0 Å². The van der Waals surface area contributed by atoms with E-state index >= 15 is 0 Å². The summed E-state index contributed by atoms with van der Waals surface area (Å²) in [5.41, 5.74) is 2.79. The van der Waals surface area contributed by atoms with Crippen LogP contribution in [0.25, 0.3) is 11.0 Å². The Morgan fingerprint density at radius 1 is 0.880 bits per heavy atom. The lowest BCUT2D eigenvalue weighted by Gasteiger charge is -2.13. The summed E-state index contributed by atoms with van der Waals surface area (Å²) < 4.78 is 35.8. The number of aryl methyl sites for hydroxylation is 4. The molecule has 0 aliphatic carbocycles. The normalized spacial score (nSPS) is 11.7. The Morgan fingerprint density at radius 3 is 2.16 bits per heavy atom. The molecular formula is C19H18O5S. The summed E-state index contributed by atoms with van der Waals surface area (Å²) in [6.07, 6.45) is 0. The first-order valence-electron chi connectivity index (χ1n) is 7.74. The Hall–Kier alpha value is -2.60. The summed E-state index contributed by atoms with van der Waals surface area (Å²) in [6.45, 7) is 7.17. The first-order valence-corrected chi connectivity index (χ1v) is 9.15. The van der Waals surface area contributed by atoms with Gasteiger partial charge in [-0.1, -0.05) is 17.7 Å². The number of fused-ring (bicyclic) bond motifs is 1. The fraction of sp³-hybridized carbons (Fsp3) is 0.211. The fourth-order valence-corrected chi connectivity index (χ4v) is 4.43. The third kappa shape index (κ3) is 3.30. The van der Waals surface area contributed by atoms with Crippen molar-refractivity contribution < 1.29 is 17.0 Å². The molecule has 0 spiro atoms. The highest BCUT2D eigenvalue weighted by atomic mass is 32.2. The second kappa shape index (κ2) is 6.04. The second-order valence-electron chi connectivity index (χ2n) is 6.17. The van der Waals surface area contributed by atoms with Crippen LogP contribution in [0.4, 0.5) is 0 Å². The molecule has 6 heteroatoms. The van der Waals surface area contributed by atoms with Crippen LogP contribution in [0, 0.1) is 27.7 Å². The molecule has 0 N–H and O–H groups in total. The number of hydrogen-bond donors (Lipinski definition) is 0. The maximum atomic E-state index is 12.7. The van der Waals surface area contributed by atoms with E-state index in [1.807, 2.05) is 6.92 Å². The smallest absolute Gasteiger partial charge is 0.339 e. The van der Waals surface area contributed by atoms with E-state index in [1.54, 1.807) is 45.0 Å². The van der Waals surface area contributed by atoms with Gasteiger partial charge in [-0.15, -0.1) is 0 Å². The molecule has 0 amide bonds. The summed E-state index contributed by atoms with van der Waals surface area (Å²) in [4.78, 5) is 11.7. The van der Waals surface area contributed by atoms with Crippen molar-refractivity contribution in [2.45, 2.75) is 32.6 Å². The zero-order chi connectivity index (χ0) is 18.4. The molecule has 0 atom stereocenters. The Labute approximate surface area is 146 Å². The molecule has 130 valence electrons. The van der Waals surface area contributed by atoms with Gasteiger partial charge in [-0.2, -0.15) is 8.42 Å². The van der Waals surface area contributed by atoms with E-state index in [2.05, 4.69) is 0 Å². The second-order valence-corrected chi connectivity index (χ2v) is 7.65. The predicted molar refractivity (Wildman–Crippen MR) is 95.7 cm³/mol. The van der Waals surface area contributed by atoms with Crippen molar-refractivity contribution in [1.29, 1.82) is 0 Å². The average molecular weight is 358 g/mol. The van der Waals surface area contributed by atoms with Gasteiger partial charge in [0, 0.05) is 17.5 Å². The summed E-state index contributed by atoms with van der Waals surface area (Å²) >= 11 is 0. The molecule has 25 heavy (non-hydrogen) atoms. The highest BCUT2D eigenvalue weighted by Gasteiger charge is 2.22. The van der Waals surface area contributed by atoms with Gasteiger partial charge in [-0.05, 0) is 56.5 Å². The van der Waals surface area contributed by atoms with Gasteiger partial charge in [-0.25, -0.2) is 4.79 Å². The summed E-state index contributed by atoms with van der Waals surface area (Å²) in [7, 11) is -4.00. The van der Waals surface area contributed by atoms with E-state index in [0.29, 0.717) is 11.1 Å². The first-order chi connectivity index (χ1) is 11.7. The molecule has 0 aliphatic heterocycles. The van der Waals surface area contributed by atoms with E-state index in [-0.39, 0.29) is 16.2 Å². The topological polar surface area (TPSA) is 73.6 Å². The molecule has 0 aliphatic rings. The maximum absolute atomic E-state index is 12.7. The minimum absolute atomic E-state index is 0.0978. The third-order valence-electron chi connectivity index (χ3n) is 3.98. The van der Waals surface area contributed by atoms with Gasteiger partial charge in [0.1, 0.15) is 16.2 Å². The third-order valence-corrected chi connectivity index (χ3v) is 5.54. The zero-order valence-corrected chi connectivity index (χ0v) is 15.2. The van der Waals surface area contributed by atoms with Crippen molar-refractivity contribution in [2.75, 3.05) is 0 Å². The molecule has 3 rings (SSSR count). The number of rotatable bonds is 3. The van der Waals surface area contributed by atoms with E-state index in [1.165, 1.54) is 12.1 Å². The van der Waals surface area contributed by atoms with Gasteiger partial charge >= 0.3 is 15.7 Å². The first kappa shape index (κ1) is 17.2. The molecule has 0 radical (unpaired) electrons. The van der Waals surface area contributed by atoms with Crippen LogP contribution in [0.1, 0.15) is 22.3 Å². The lowest BCUT2D eigenvalue weighted by atomic mass is 10.1. The van der Waals surface area contributed by atoms with Crippen molar-refractivity contribution in [2.24, 2.45) is 0 Å². The Balaban J connectivity index is 2.07. The average Bonchev–Trinajstić information content (AvgIpc) is 2.44. The van der Waals surface area contributed by atoms with Crippen molar-refractivity contribution in [3.05, 3.63) is 69.1 Å². The van der Waals surface area contributed by atoms with Crippen LogP contribution < -0.4 is 9.81 Å². The fourth-order valence-electron chi connectivity index (χ4n) is 3.09. The zero-order valence-electron chi connectivity index (χ0n) is 14.4. The van der Waals surface area contributed by atoms with Crippen molar-refractivity contribution in [3.63, 3.8) is 0 Å². The molecule has 0 fully saturated rings. The number of hydrogen-bond acceptors (Lipinski definition) is 5. The molecular weight excluding hydrogens is 340 g/mol. The Morgan fingerprint density at radius 2 is 1.52 bits per heavy atom. The standard InChI is InChI=1S/C19H18O5S/c1-11-7-13(3)19(14(4)8-11)25(21,22)24-15-5-6-16-12(2)9-18(20)23-17(16)10-15/h5-10H,1-4H3. The molecule has 0 bridgehead atoms. The maximum Gasteiger partial charge on any atom is 0.339 e. The highest BCUT2D eigenvalue weighted by Crippen LogP contribution is 2.28. The van der Waals surface area contributed by atoms with E-state index in [0.717, 1.165) is 16.5 Å². The quantitative estimate of drug-likeness (QED) is 0.526. The van der Waals surface area contributed by atoms with Crippen LogP contribution in [0.3, 0.4) is 0 Å². The van der Waals surface area contributed by atoms with Crippen molar-refractivity contribution >= 4 is 21.1 Å². The van der Waals surface area contributed by atoms with Gasteiger partial charge in [-0.3, -0.25) is 0 Å². The SMILES string of the molecule is Cc1cc(C)c(S(=O)(=O)Oc2ccc3c(C)cc(=O)oc3c2)c(C)c1. The molecule has 0 saturated heterocycles. The largest absolute Gasteiger partial charge is 0.423 e. The van der Waals surface area contributed by atoms with E-state index in [9.17, 15) is 13.2 Å². The summed E-state index contributed by atoms with van der Waals surface area (Å²) in [6, 6.07) is 9.62. The van der Waals surface area contributed by atoms with Gasteiger partial charge < -0.3 is 8.60 Å². The van der Waals surface area contributed by atoms with Crippen molar-refractivity contribution in [3.8, 4) is 5.75 Å². The predicted octanol–water partition coefficient (Wildman–Crippen LogP) is 3.79. The van der Waals surface area contributed by atoms with Gasteiger partial charge in [0.2, 0.25) is 0 Å². The van der Waals surface area contributed by atoms with E-state index < -0.39 is 15.7 Å². The molecule has 5 nitrogen and oxygen atoms in total. The molecule has 1 heterocycles. The summed E-state index contributed by atoms with van der Waals surface area (Å²) in [5, 5.41) is 0.729. The minimum atomic E-state index is -4.00. The lowest BCUT2D eigenvalue weighted by molar-refractivity contribution is 0.484. The van der Waals surface area contributed by atoms with Crippen LogP contribution in [-0.2, 0) is 10.1 Å². The monoisotopic (exact) mass is 358 g/mol. The van der Waals surface area contributed by atoms with Crippen molar-refractivity contribution in [1.82, 2.24) is 0 Å². The van der Waals surface area contributed by atoms with Crippen LogP contribution >= 0.6 is 0 Å². The van der Waals surface area contributed by atoms with Gasteiger partial charge in [0.15, 0.2) is 0 Å². The van der Waals surface area contributed by atoms with Crippen LogP contribution in [-0.4, -0.2) is 8.42 Å². The molecule has 0 saturated carbocycles. The highest BCUT2D eigenvalue weighted by molar-refractivity contribution is 7.87. The van der Waals surface area contributed by atoms with Gasteiger partial charge in [0.05, 0.1) is 0 Å². The lowest BCUT2D eigenvalue weighted by Crippen LogP contribution is -2.13. The molecule has 0 unspecified atom stereocenters. The number of benzene rings is 2. The Kier molecular flexibility index (Phi) is 4.16. The molecule has 3 aromatic rings. The van der Waals surface area contributed by atoms with E-state index in [4.69, 9.17) is 8.60 Å². The van der Waals surface area contributed by atoms with Crippen LogP contribution in [0.5, 0.6) is 5.75 Å². The summed E-state index contributed by atoms with van der Waals surface area (Å²) in [5.74, 6) is 0.0978. The molecule has 2 aromatic carbocycles. The minimum Gasteiger partial charge on any atom is -0.423 e. The Bertz CT molecular complexity index is 1120. The van der Waals surface area contributed by atoms with Crippen LogP contribution in [0.15, 0.2) is 50.5 Å². The van der Waals surface area contributed by atoms with Gasteiger partial charge in [0.25, 0.3) is 0 Å².